The molecule has 0 saturated heterocycles. The normalized spacial score (nSPS) is 11.0. The van der Waals surface area contributed by atoms with Gasteiger partial charge in [-0.3, -0.25) is 4.79 Å². The molecule has 0 radical (unpaired) electrons. The van der Waals surface area contributed by atoms with Crippen molar-refractivity contribution < 1.29 is 47.7 Å². The molecule has 32 heavy (non-hydrogen) atoms. The van der Waals surface area contributed by atoms with Gasteiger partial charge in [0, 0.05) is 26.4 Å². The Morgan fingerprint density at radius 2 is 1.41 bits per heavy atom. The molecule has 186 valence electrons. The van der Waals surface area contributed by atoms with E-state index in [1.165, 1.54) is 7.05 Å². The van der Waals surface area contributed by atoms with Gasteiger partial charge in [0.25, 0.3) is 5.91 Å². The Hall–Kier alpha value is -2.28. The molecule has 0 bridgehead atoms. The van der Waals surface area contributed by atoms with Gasteiger partial charge in [-0.2, -0.15) is 5.06 Å². The summed E-state index contributed by atoms with van der Waals surface area (Å²) < 4.78 is 26.1. The quantitative estimate of drug-likeness (QED) is 0.184. The molecule has 0 rings (SSSR count). The highest BCUT2D eigenvalue weighted by molar-refractivity contribution is 5.79. The van der Waals surface area contributed by atoms with Gasteiger partial charge in [0.15, 0.2) is 0 Å². The smallest absolute Gasteiger partial charge is 0.407 e. The predicted molar refractivity (Wildman–Crippen MR) is 112 cm³/mol. The third-order valence-electron chi connectivity index (χ3n) is 3.32. The number of carbonyl (C=O) groups is 4. The second kappa shape index (κ2) is 18.3. The molecule has 1 N–H and O–H groups in total. The first-order valence-electron chi connectivity index (χ1n) is 10.3. The van der Waals surface area contributed by atoms with Crippen molar-refractivity contribution in [3.8, 4) is 0 Å². The predicted octanol–water partition coefficient (Wildman–Crippen LogP) is 0.473. The number of ether oxygens (including phenoxy) is 5. The van der Waals surface area contributed by atoms with Gasteiger partial charge < -0.3 is 38.6 Å². The lowest BCUT2D eigenvalue weighted by atomic mass is 10.2. The molecular weight excluding hydrogens is 428 g/mol. The summed E-state index contributed by atoms with van der Waals surface area (Å²) in [5.74, 6) is -1.20. The zero-order valence-corrected chi connectivity index (χ0v) is 19.4. The van der Waals surface area contributed by atoms with Gasteiger partial charge in [-0.15, -0.1) is 0 Å². The number of hydroxylamine groups is 2. The van der Waals surface area contributed by atoms with Crippen LogP contribution in [0.25, 0.3) is 0 Å². The van der Waals surface area contributed by atoms with Crippen molar-refractivity contribution in [1.82, 2.24) is 10.4 Å². The van der Waals surface area contributed by atoms with E-state index in [-0.39, 0.29) is 32.7 Å². The Kier molecular flexibility index (Phi) is 17.0. The van der Waals surface area contributed by atoms with Crippen molar-refractivity contribution in [2.24, 2.45) is 0 Å². The van der Waals surface area contributed by atoms with Gasteiger partial charge in [-0.05, 0) is 20.8 Å². The number of amides is 2. The largest absolute Gasteiger partial charge is 0.444 e. The summed E-state index contributed by atoms with van der Waals surface area (Å²) in [5.41, 5.74) is -0.532. The maximum atomic E-state index is 11.5. The van der Waals surface area contributed by atoms with E-state index in [9.17, 15) is 19.2 Å². The van der Waals surface area contributed by atoms with Crippen LogP contribution in [0.5, 0.6) is 0 Å². The molecule has 0 atom stereocenters. The van der Waals surface area contributed by atoms with Crippen LogP contribution in [0.15, 0.2) is 0 Å². The van der Waals surface area contributed by atoms with Crippen molar-refractivity contribution >= 4 is 24.3 Å². The fourth-order valence-corrected chi connectivity index (χ4v) is 1.92. The van der Waals surface area contributed by atoms with E-state index in [0.717, 1.165) is 5.06 Å². The lowest BCUT2D eigenvalue weighted by Gasteiger charge is -2.19. The highest BCUT2D eigenvalue weighted by atomic mass is 16.7. The minimum Gasteiger partial charge on any atom is -0.444 e. The Morgan fingerprint density at radius 1 is 0.875 bits per heavy atom. The lowest BCUT2D eigenvalue weighted by molar-refractivity contribution is -0.196. The average molecular weight is 465 g/mol. The van der Waals surface area contributed by atoms with E-state index >= 15 is 0 Å². The topological polar surface area (TPSA) is 139 Å². The third-order valence-corrected chi connectivity index (χ3v) is 3.32. The first kappa shape index (κ1) is 29.7. The summed E-state index contributed by atoms with van der Waals surface area (Å²) in [5, 5.41) is 3.37. The summed E-state index contributed by atoms with van der Waals surface area (Å²) >= 11 is 0. The monoisotopic (exact) mass is 464 g/mol. The number of hydrogen-bond acceptors (Lipinski definition) is 10. The molecule has 2 amide bonds. The first-order valence-corrected chi connectivity index (χ1v) is 10.3. The molecule has 0 fully saturated rings. The molecule has 0 saturated carbocycles. The molecule has 12 nitrogen and oxygen atoms in total. The van der Waals surface area contributed by atoms with Crippen LogP contribution in [-0.4, -0.2) is 101 Å². The van der Waals surface area contributed by atoms with Crippen LogP contribution in [0.3, 0.4) is 0 Å². The van der Waals surface area contributed by atoms with Crippen LogP contribution in [0, 0.1) is 0 Å². The van der Waals surface area contributed by atoms with Crippen LogP contribution in [-0.2, 0) is 42.9 Å². The molecule has 0 spiro atoms. The molecule has 0 aliphatic carbocycles. The molecule has 0 aromatic heterocycles. The fourth-order valence-electron chi connectivity index (χ4n) is 1.92. The molecular formula is C20H36N2O10. The Morgan fingerprint density at radius 3 is 1.94 bits per heavy atom. The second-order valence-electron chi connectivity index (χ2n) is 7.38. The number of nitrogens with zero attached hydrogens (tertiary/aromatic N) is 1. The van der Waals surface area contributed by atoms with Gasteiger partial charge in [0.05, 0.1) is 46.2 Å². The molecule has 0 aromatic carbocycles. The zero-order chi connectivity index (χ0) is 24.2. The number of nitrogens with one attached hydrogen (secondary N) is 1. The van der Waals surface area contributed by atoms with Crippen LogP contribution < -0.4 is 5.32 Å². The van der Waals surface area contributed by atoms with Gasteiger partial charge in [0.2, 0.25) is 0 Å². The maximum absolute atomic E-state index is 11.5. The fraction of sp³-hybridized carbons (Fsp3) is 0.800. The van der Waals surface area contributed by atoms with Gasteiger partial charge in [-0.25, -0.2) is 9.59 Å². The summed E-state index contributed by atoms with van der Waals surface area (Å²) in [4.78, 5) is 49.4. The van der Waals surface area contributed by atoms with E-state index in [4.69, 9.17) is 28.5 Å². The molecule has 0 unspecified atom stereocenters. The second-order valence-corrected chi connectivity index (χ2v) is 7.38. The number of alkyl carbamates (subject to hydrolysis) is 1. The van der Waals surface area contributed by atoms with Crippen LogP contribution in [0.2, 0.25) is 0 Å². The Balaban J connectivity index is 3.40. The average Bonchev–Trinajstić information content (AvgIpc) is 2.70. The van der Waals surface area contributed by atoms with E-state index < -0.39 is 23.6 Å². The molecule has 12 heteroatoms. The van der Waals surface area contributed by atoms with Gasteiger partial charge in [0.1, 0.15) is 18.5 Å². The van der Waals surface area contributed by atoms with E-state index in [0.29, 0.717) is 45.9 Å². The standard InChI is InChI=1S/C20H36N2O10/c1-20(2,3)31-19(26)21-7-9-27-10-11-28-12-13-29-14-15-30-16-18(25)32-22(4)17(24)6-5-8-23/h8H,5-7,9-16H2,1-4H3,(H,21,26). The number of carbonyl (C=O) groups excluding carboxylic acids is 4. The highest BCUT2D eigenvalue weighted by Crippen LogP contribution is 2.06. The summed E-state index contributed by atoms with van der Waals surface area (Å²) in [6.45, 7) is 7.66. The number of hydrogen-bond donors (Lipinski definition) is 1. The van der Waals surface area contributed by atoms with Crippen LogP contribution in [0.4, 0.5) is 4.79 Å². The maximum Gasteiger partial charge on any atom is 0.407 e. The Labute approximate surface area is 188 Å². The SMILES string of the molecule is CN(OC(=O)COCCOCCOCCOCCNC(=O)OC(C)(C)C)C(=O)CCC=O. The molecule has 0 aliphatic rings. The van der Waals surface area contributed by atoms with E-state index in [1.54, 1.807) is 20.8 Å². The molecule has 0 aliphatic heterocycles. The van der Waals surface area contributed by atoms with Crippen molar-refractivity contribution in [2.45, 2.75) is 39.2 Å². The van der Waals surface area contributed by atoms with Crippen molar-refractivity contribution in [3.63, 3.8) is 0 Å². The van der Waals surface area contributed by atoms with Crippen LogP contribution in [0.1, 0.15) is 33.6 Å². The minimum atomic E-state index is -0.725. The summed E-state index contributed by atoms with van der Waals surface area (Å²) in [7, 11) is 1.29. The number of aldehydes is 1. The van der Waals surface area contributed by atoms with Crippen molar-refractivity contribution in [1.29, 1.82) is 0 Å². The van der Waals surface area contributed by atoms with Gasteiger partial charge >= 0.3 is 12.1 Å². The molecule has 0 aromatic rings. The first-order chi connectivity index (χ1) is 15.2. The zero-order valence-electron chi connectivity index (χ0n) is 19.4. The van der Waals surface area contributed by atoms with Crippen molar-refractivity contribution in [2.75, 3.05) is 66.4 Å². The Bertz CT molecular complexity index is 551. The summed E-state index contributed by atoms with van der Waals surface area (Å²) in [6, 6.07) is 0. The van der Waals surface area contributed by atoms with Crippen LogP contribution >= 0.6 is 0 Å². The van der Waals surface area contributed by atoms with E-state index in [1.807, 2.05) is 0 Å². The third kappa shape index (κ3) is 19.7. The minimum absolute atomic E-state index is 0.0263. The van der Waals surface area contributed by atoms with Crippen molar-refractivity contribution in [3.05, 3.63) is 0 Å². The number of rotatable bonds is 17. The lowest BCUT2D eigenvalue weighted by Crippen LogP contribution is -2.34. The van der Waals surface area contributed by atoms with Gasteiger partial charge in [-0.1, -0.05) is 0 Å². The molecule has 0 heterocycles. The van der Waals surface area contributed by atoms with E-state index in [2.05, 4.69) is 5.32 Å². The summed E-state index contributed by atoms with van der Waals surface area (Å²) in [6.07, 6.45) is 0.175. The highest BCUT2D eigenvalue weighted by Gasteiger charge is 2.15.